The number of anilines is 1. The highest BCUT2D eigenvalue weighted by Crippen LogP contribution is 2.21. The van der Waals surface area contributed by atoms with Gasteiger partial charge >= 0.3 is 0 Å². The van der Waals surface area contributed by atoms with Gasteiger partial charge in [-0.2, -0.15) is 5.10 Å². The van der Waals surface area contributed by atoms with Crippen LogP contribution in [0.3, 0.4) is 0 Å². The number of amides is 1. The molecule has 22 heavy (non-hydrogen) atoms. The number of aromatic amines is 1. The van der Waals surface area contributed by atoms with Crippen LogP contribution in [0, 0.1) is 5.92 Å². The Hall–Kier alpha value is -2.18. The minimum Gasteiger partial charge on any atom is -0.381 e. The van der Waals surface area contributed by atoms with Gasteiger partial charge in [0.2, 0.25) is 5.91 Å². The maximum atomic E-state index is 12.2. The van der Waals surface area contributed by atoms with E-state index < -0.39 is 6.04 Å². The van der Waals surface area contributed by atoms with Crippen LogP contribution in [0.4, 0.5) is 5.69 Å². The average Bonchev–Trinajstić information content (AvgIpc) is 3.10. The molecule has 2 heterocycles. The second-order valence-electron chi connectivity index (χ2n) is 5.51. The first-order valence-electron chi connectivity index (χ1n) is 7.48. The second kappa shape index (κ2) is 6.72. The molecular weight excluding hydrogens is 280 g/mol. The molecule has 4 N–H and O–H groups in total. The molecule has 2 aromatic rings. The molecule has 1 saturated heterocycles. The fraction of sp³-hybridized carbons (Fsp3) is 0.375. The molecule has 0 bridgehead atoms. The molecule has 1 fully saturated rings. The van der Waals surface area contributed by atoms with Crippen LogP contribution in [-0.2, 0) is 9.53 Å². The summed E-state index contributed by atoms with van der Waals surface area (Å²) in [6, 6.07) is 9.01. The van der Waals surface area contributed by atoms with E-state index in [1.165, 1.54) is 0 Å². The van der Waals surface area contributed by atoms with E-state index in [2.05, 4.69) is 15.5 Å². The first-order valence-corrected chi connectivity index (χ1v) is 7.48. The smallest absolute Gasteiger partial charge is 0.241 e. The normalized spacial score (nSPS) is 17.1. The molecule has 0 aliphatic carbocycles. The number of hydrogen-bond acceptors (Lipinski definition) is 4. The summed E-state index contributed by atoms with van der Waals surface area (Å²) in [5.74, 6) is 0.0548. The van der Waals surface area contributed by atoms with Crippen LogP contribution >= 0.6 is 0 Å². The lowest BCUT2D eigenvalue weighted by Gasteiger charge is -2.26. The number of nitrogens with zero attached hydrogens (tertiary/aromatic N) is 1. The van der Waals surface area contributed by atoms with Gasteiger partial charge in [-0.25, -0.2) is 0 Å². The van der Waals surface area contributed by atoms with Gasteiger partial charge in [-0.1, -0.05) is 12.1 Å². The van der Waals surface area contributed by atoms with Gasteiger partial charge in [-0.3, -0.25) is 9.89 Å². The van der Waals surface area contributed by atoms with E-state index in [4.69, 9.17) is 10.5 Å². The van der Waals surface area contributed by atoms with Crippen molar-refractivity contribution in [3.05, 3.63) is 36.5 Å². The van der Waals surface area contributed by atoms with Crippen molar-refractivity contribution in [3.63, 3.8) is 0 Å². The van der Waals surface area contributed by atoms with Gasteiger partial charge < -0.3 is 15.8 Å². The second-order valence-corrected chi connectivity index (χ2v) is 5.51. The standard InChI is InChI=1S/C16H20N4O2/c17-15(12-6-9-22-10-7-12)16(21)19-13-3-1-11(2-4-13)14-5-8-18-20-14/h1-5,8,12,15H,6-7,9-10,17H2,(H,18,20)(H,19,21). The third-order valence-electron chi connectivity index (χ3n) is 4.04. The molecule has 1 aromatic heterocycles. The summed E-state index contributed by atoms with van der Waals surface area (Å²) in [6.07, 6.45) is 3.39. The summed E-state index contributed by atoms with van der Waals surface area (Å²) in [5.41, 5.74) is 8.77. The highest BCUT2D eigenvalue weighted by Gasteiger charge is 2.26. The van der Waals surface area contributed by atoms with Gasteiger partial charge in [0.1, 0.15) is 0 Å². The largest absolute Gasteiger partial charge is 0.381 e. The molecule has 1 amide bonds. The fourth-order valence-corrected chi connectivity index (χ4v) is 2.66. The quantitative estimate of drug-likeness (QED) is 0.802. The summed E-state index contributed by atoms with van der Waals surface area (Å²) in [4.78, 5) is 12.2. The monoisotopic (exact) mass is 300 g/mol. The van der Waals surface area contributed by atoms with Crippen molar-refractivity contribution in [2.24, 2.45) is 11.7 Å². The van der Waals surface area contributed by atoms with Gasteiger partial charge in [0, 0.05) is 25.1 Å². The van der Waals surface area contributed by atoms with E-state index in [0.29, 0.717) is 13.2 Å². The minimum atomic E-state index is -0.490. The van der Waals surface area contributed by atoms with Crippen molar-refractivity contribution in [2.75, 3.05) is 18.5 Å². The van der Waals surface area contributed by atoms with Gasteiger partial charge in [0.25, 0.3) is 0 Å². The molecule has 0 saturated carbocycles. The number of aromatic nitrogens is 2. The van der Waals surface area contributed by atoms with Crippen molar-refractivity contribution >= 4 is 11.6 Å². The SMILES string of the molecule is NC(C(=O)Nc1ccc(-c2ccn[nH]2)cc1)C1CCOCC1. The highest BCUT2D eigenvalue weighted by atomic mass is 16.5. The Morgan fingerprint density at radius 1 is 1.27 bits per heavy atom. The number of benzene rings is 1. The Balaban J connectivity index is 1.61. The summed E-state index contributed by atoms with van der Waals surface area (Å²) < 4.78 is 5.30. The van der Waals surface area contributed by atoms with E-state index in [0.717, 1.165) is 29.8 Å². The van der Waals surface area contributed by atoms with E-state index >= 15 is 0 Å². The van der Waals surface area contributed by atoms with Crippen molar-refractivity contribution in [2.45, 2.75) is 18.9 Å². The summed E-state index contributed by atoms with van der Waals surface area (Å²) in [5, 5.41) is 9.71. The lowest BCUT2D eigenvalue weighted by molar-refractivity contribution is -0.119. The minimum absolute atomic E-state index is 0.138. The summed E-state index contributed by atoms with van der Waals surface area (Å²) in [6.45, 7) is 1.37. The molecule has 116 valence electrons. The molecule has 6 nitrogen and oxygen atoms in total. The predicted octanol–water partition coefficient (Wildman–Crippen LogP) is 1.77. The third kappa shape index (κ3) is 3.35. The zero-order chi connectivity index (χ0) is 15.4. The van der Waals surface area contributed by atoms with Crippen LogP contribution in [0.1, 0.15) is 12.8 Å². The molecular formula is C16H20N4O2. The number of nitrogens with one attached hydrogen (secondary N) is 2. The van der Waals surface area contributed by atoms with Crippen LogP contribution < -0.4 is 11.1 Å². The number of hydrogen-bond donors (Lipinski definition) is 3. The lowest BCUT2D eigenvalue weighted by atomic mass is 9.92. The maximum absolute atomic E-state index is 12.2. The van der Waals surface area contributed by atoms with Gasteiger partial charge in [-0.05, 0) is 42.5 Å². The first kappa shape index (κ1) is 14.7. The Bertz CT molecular complexity index is 604. The Morgan fingerprint density at radius 3 is 2.64 bits per heavy atom. The lowest BCUT2D eigenvalue weighted by Crippen LogP contribution is -2.43. The number of H-pyrrole nitrogens is 1. The maximum Gasteiger partial charge on any atom is 0.241 e. The van der Waals surface area contributed by atoms with Crippen LogP contribution in [0.5, 0.6) is 0 Å². The zero-order valence-corrected chi connectivity index (χ0v) is 12.3. The number of carbonyl (C=O) groups excluding carboxylic acids is 1. The highest BCUT2D eigenvalue weighted by molar-refractivity contribution is 5.95. The summed E-state index contributed by atoms with van der Waals surface area (Å²) in [7, 11) is 0. The number of ether oxygens (including phenoxy) is 1. The third-order valence-corrected chi connectivity index (χ3v) is 4.04. The van der Waals surface area contributed by atoms with Gasteiger partial charge in [-0.15, -0.1) is 0 Å². The Morgan fingerprint density at radius 2 is 2.00 bits per heavy atom. The van der Waals surface area contributed by atoms with Crippen LogP contribution in [0.2, 0.25) is 0 Å². The van der Waals surface area contributed by atoms with Gasteiger partial charge in [0.15, 0.2) is 0 Å². The molecule has 1 aliphatic rings. The number of rotatable bonds is 4. The summed E-state index contributed by atoms with van der Waals surface area (Å²) >= 11 is 0. The molecule has 1 aromatic carbocycles. The molecule has 3 rings (SSSR count). The zero-order valence-electron chi connectivity index (χ0n) is 12.3. The first-order chi connectivity index (χ1) is 10.7. The van der Waals surface area contributed by atoms with Gasteiger partial charge in [0.05, 0.1) is 11.7 Å². The predicted molar refractivity (Wildman–Crippen MR) is 84.2 cm³/mol. The van der Waals surface area contributed by atoms with Crippen molar-refractivity contribution in [1.29, 1.82) is 0 Å². The molecule has 0 spiro atoms. The van der Waals surface area contributed by atoms with Crippen LogP contribution in [0.15, 0.2) is 36.5 Å². The fourth-order valence-electron chi connectivity index (χ4n) is 2.66. The number of carbonyl (C=O) groups is 1. The molecule has 1 aliphatic heterocycles. The van der Waals surface area contributed by atoms with E-state index in [1.807, 2.05) is 30.3 Å². The van der Waals surface area contributed by atoms with Crippen molar-refractivity contribution < 1.29 is 9.53 Å². The molecule has 1 unspecified atom stereocenters. The van der Waals surface area contributed by atoms with Crippen molar-refractivity contribution in [1.82, 2.24) is 10.2 Å². The van der Waals surface area contributed by atoms with E-state index in [1.54, 1.807) is 6.20 Å². The topological polar surface area (TPSA) is 93.0 Å². The Kier molecular flexibility index (Phi) is 4.50. The molecule has 1 atom stereocenters. The molecule has 6 heteroatoms. The van der Waals surface area contributed by atoms with Crippen molar-refractivity contribution in [3.8, 4) is 11.3 Å². The molecule has 0 radical (unpaired) electrons. The Labute approximate surface area is 129 Å². The van der Waals surface area contributed by atoms with Crippen LogP contribution in [-0.4, -0.2) is 35.4 Å². The number of nitrogens with two attached hydrogens (primary N) is 1. The van der Waals surface area contributed by atoms with E-state index in [-0.39, 0.29) is 11.8 Å². The van der Waals surface area contributed by atoms with E-state index in [9.17, 15) is 4.79 Å². The average molecular weight is 300 g/mol. The van der Waals surface area contributed by atoms with Crippen LogP contribution in [0.25, 0.3) is 11.3 Å².